The van der Waals surface area contributed by atoms with Gasteiger partial charge in [-0.15, -0.1) is 12.4 Å². The smallest absolute Gasteiger partial charge is 0.328 e. The molecule has 18 heavy (non-hydrogen) atoms. The number of nitrogens with two attached hydrogens (primary N) is 1. The monoisotopic (exact) mass is 273 g/mol. The maximum absolute atomic E-state index is 11.1. The van der Waals surface area contributed by atoms with Crippen molar-refractivity contribution in [3.8, 4) is 5.75 Å². The highest BCUT2D eigenvalue weighted by molar-refractivity contribution is 5.85. The van der Waals surface area contributed by atoms with Crippen LogP contribution in [0.15, 0.2) is 18.2 Å². The van der Waals surface area contributed by atoms with E-state index in [9.17, 15) is 4.79 Å². The van der Waals surface area contributed by atoms with Crippen LogP contribution >= 0.6 is 12.4 Å². The molecule has 0 fully saturated rings. The topological polar surface area (TPSA) is 72.5 Å². The van der Waals surface area contributed by atoms with Crippen LogP contribution in [-0.2, 0) is 10.3 Å². The fraction of sp³-hybridized carbons (Fsp3) is 0.462. The van der Waals surface area contributed by atoms with Crippen molar-refractivity contribution in [2.75, 3.05) is 7.11 Å². The SMILES string of the molecule is COc1ccc(C(C)(N)C(=O)O)cc1C(C)C.Cl. The lowest BCUT2D eigenvalue weighted by molar-refractivity contribution is -0.143. The Hall–Kier alpha value is -1.26. The minimum Gasteiger partial charge on any atom is -0.496 e. The normalized spacial score (nSPS) is 13.7. The summed E-state index contributed by atoms with van der Waals surface area (Å²) in [6, 6.07) is 5.26. The number of hydrogen-bond donors (Lipinski definition) is 2. The van der Waals surface area contributed by atoms with Gasteiger partial charge in [0.15, 0.2) is 0 Å². The number of hydrogen-bond acceptors (Lipinski definition) is 3. The van der Waals surface area contributed by atoms with Gasteiger partial charge < -0.3 is 15.6 Å². The average Bonchev–Trinajstić information content (AvgIpc) is 2.27. The van der Waals surface area contributed by atoms with Crippen molar-refractivity contribution in [1.29, 1.82) is 0 Å². The van der Waals surface area contributed by atoms with Gasteiger partial charge in [0.2, 0.25) is 0 Å². The molecule has 1 rings (SSSR count). The van der Waals surface area contributed by atoms with Gasteiger partial charge in [0, 0.05) is 0 Å². The molecule has 5 heteroatoms. The van der Waals surface area contributed by atoms with Crippen LogP contribution < -0.4 is 10.5 Å². The molecule has 0 saturated heterocycles. The number of methoxy groups -OCH3 is 1. The average molecular weight is 274 g/mol. The second-order valence-electron chi connectivity index (χ2n) is 4.62. The third-order valence-electron chi connectivity index (χ3n) is 2.90. The first-order chi connectivity index (χ1) is 7.80. The molecule has 1 atom stereocenters. The summed E-state index contributed by atoms with van der Waals surface area (Å²) in [6.45, 7) is 5.54. The lowest BCUT2D eigenvalue weighted by Crippen LogP contribution is -2.41. The Morgan fingerprint density at radius 2 is 2.00 bits per heavy atom. The van der Waals surface area contributed by atoms with E-state index >= 15 is 0 Å². The zero-order valence-corrected chi connectivity index (χ0v) is 11.9. The predicted molar refractivity (Wildman–Crippen MR) is 73.5 cm³/mol. The molecule has 0 aliphatic rings. The number of benzene rings is 1. The fourth-order valence-corrected chi connectivity index (χ4v) is 1.63. The van der Waals surface area contributed by atoms with Crippen LogP contribution in [0.25, 0.3) is 0 Å². The van der Waals surface area contributed by atoms with E-state index in [2.05, 4.69) is 0 Å². The van der Waals surface area contributed by atoms with E-state index in [1.807, 2.05) is 13.8 Å². The van der Waals surface area contributed by atoms with Crippen molar-refractivity contribution in [1.82, 2.24) is 0 Å². The van der Waals surface area contributed by atoms with E-state index in [0.29, 0.717) is 5.56 Å². The first-order valence-electron chi connectivity index (χ1n) is 5.51. The molecule has 1 aromatic carbocycles. The lowest BCUT2D eigenvalue weighted by Gasteiger charge is -2.22. The molecular weight excluding hydrogens is 254 g/mol. The molecule has 102 valence electrons. The maximum Gasteiger partial charge on any atom is 0.328 e. The van der Waals surface area contributed by atoms with Gasteiger partial charge in [-0.1, -0.05) is 19.9 Å². The van der Waals surface area contributed by atoms with Crippen molar-refractivity contribution in [2.45, 2.75) is 32.2 Å². The molecule has 1 unspecified atom stereocenters. The van der Waals surface area contributed by atoms with Crippen LogP contribution in [0.5, 0.6) is 5.75 Å². The van der Waals surface area contributed by atoms with E-state index < -0.39 is 11.5 Å². The second-order valence-corrected chi connectivity index (χ2v) is 4.62. The second kappa shape index (κ2) is 6.07. The Kier molecular flexibility index (Phi) is 5.64. The highest BCUT2D eigenvalue weighted by Gasteiger charge is 2.31. The molecule has 3 N–H and O–H groups in total. The van der Waals surface area contributed by atoms with Gasteiger partial charge in [-0.2, -0.15) is 0 Å². The van der Waals surface area contributed by atoms with E-state index in [1.165, 1.54) is 6.92 Å². The Labute approximate surface area is 114 Å². The Morgan fingerprint density at radius 1 is 1.44 bits per heavy atom. The first kappa shape index (κ1) is 16.7. The van der Waals surface area contributed by atoms with Crippen LogP contribution in [0, 0.1) is 0 Å². The summed E-state index contributed by atoms with van der Waals surface area (Å²) in [5, 5.41) is 9.09. The molecule has 0 aromatic heterocycles. The van der Waals surface area contributed by atoms with E-state index in [1.54, 1.807) is 25.3 Å². The quantitative estimate of drug-likeness (QED) is 0.884. The van der Waals surface area contributed by atoms with Crippen LogP contribution in [0.3, 0.4) is 0 Å². The summed E-state index contributed by atoms with van der Waals surface area (Å²) in [5.74, 6) is -0.0446. The number of ether oxygens (including phenoxy) is 1. The summed E-state index contributed by atoms with van der Waals surface area (Å²) < 4.78 is 5.25. The minimum absolute atomic E-state index is 0. The van der Waals surface area contributed by atoms with Crippen LogP contribution in [0.4, 0.5) is 0 Å². The number of rotatable bonds is 4. The van der Waals surface area contributed by atoms with Gasteiger partial charge in [0.1, 0.15) is 11.3 Å². The fourth-order valence-electron chi connectivity index (χ4n) is 1.63. The molecule has 0 bridgehead atoms. The molecule has 0 spiro atoms. The summed E-state index contributed by atoms with van der Waals surface area (Å²) in [7, 11) is 1.60. The molecule has 0 aliphatic heterocycles. The summed E-state index contributed by atoms with van der Waals surface area (Å²) in [5.41, 5.74) is 5.96. The molecule has 4 nitrogen and oxygen atoms in total. The Balaban J connectivity index is 0.00000289. The standard InChI is InChI=1S/C13H19NO3.ClH/c1-8(2)10-7-9(5-6-11(10)17-4)13(3,14)12(15)16;/h5-8H,14H2,1-4H3,(H,15,16);1H. The van der Waals surface area contributed by atoms with Crippen molar-refractivity contribution in [3.05, 3.63) is 29.3 Å². The number of halogens is 1. The number of carboxylic acids is 1. The van der Waals surface area contributed by atoms with Gasteiger partial charge in [0.25, 0.3) is 0 Å². The first-order valence-corrected chi connectivity index (χ1v) is 5.51. The van der Waals surface area contributed by atoms with Crippen molar-refractivity contribution in [2.24, 2.45) is 5.73 Å². The Morgan fingerprint density at radius 3 is 2.39 bits per heavy atom. The van der Waals surface area contributed by atoms with Gasteiger partial charge in [-0.05, 0) is 36.1 Å². The van der Waals surface area contributed by atoms with E-state index in [-0.39, 0.29) is 18.3 Å². The Bertz CT molecular complexity index is 430. The minimum atomic E-state index is -1.38. The van der Waals surface area contributed by atoms with Crippen molar-refractivity contribution >= 4 is 18.4 Å². The van der Waals surface area contributed by atoms with E-state index in [0.717, 1.165) is 11.3 Å². The summed E-state index contributed by atoms with van der Waals surface area (Å²) in [4.78, 5) is 11.1. The van der Waals surface area contributed by atoms with Crippen molar-refractivity contribution in [3.63, 3.8) is 0 Å². The van der Waals surface area contributed by atoms with Crippen LogP contribution in [-0.4, -0.2) is 18.2 Å². The summed E-state index contributed by atoms with van der Waals surface area (Å²) >= 11 is 0. The molecule has 0 aliphatic carbocycles. The molecule has 0 saturated carbocycles. The number of carbonyl (C=O) groups is 1. The molecule has 0 heterocycles. The van der Waals surface area contributed by atoms with Gasteiger partial charge >= 0.3 is 5.97 Å². The third kappa shape index (κ3) is 3.15. The number of carboxylic acid groups (broad SMARTS) is 1. The molecular formula is C13H20ClNO3. The van der Waals surface area contributed by atoms with Crippen LogP contribution in [0.1, 0.15) is 37.8 Å². The maximum atomic E-state index is 11.1. The van der Waals surface area contributed by atoms with Gasteiger partial charge in [-0.3, -0.25) is 0 Å². The highest BCUT2D eigenvalue weighted by Crippen LogP contribution is 2.30. The zero-order chi connectivity index (χ0) is 13.2. The van der Waals surface area contributed by atoms with E-state index in [4.69, 9.17) is 15.6 Å². The molecule has 1 aromatic rings. The zero-order valence-electron chi connectivity index (χ0n) is 11.1. The predicted octanol–water partition coefficient (Wildman–Crippen LogP) is 2.50. The molecule has 0 radical (unpaired) electrons. The van der Waals surface area contributed by atoms with Crippen LogP contribution in [0.2, 0.25) is 0 Å². The van der Waals surface area contributed by atoms with Crippen molar-refractivity contribution < 1.29 is 14.6 Å². The highest BCUT2D eigenvalue weighted by atomic mass is 35.5. The lowest BCUT2D eigenvalue weighted by atomic mass is 9.89. The largest absolute Gasteiger partial charge is 0.496 e. The number of aliphatic carboxylic acids is 1. The third-order valence-corrected chi connectivity index (χ3v) is 2.90. The van der Waals surface area contributed by atoms with Gasteiger partial charge in [-0.25, -0.2) is 4.79 Å². The van der Waals surface area contributed by atoms with Gasteiger partial charge in [0.05, 0.1) is 7.11 Å². The molecule has 0 amide bonds. The summed E-state index contributed by atoms with van der Waals surface area (Å²) in [6.07, 6.45) is 0.